The minimum atomic E-state index is -0.309. The first kappa shape index (κ1) is 25.9. The van der Waals surface area contributed by atoms with Gasteiger partial charge in [0.15, 0.2) is 0 Å². The number of halogens is 1. The minimum absolute atomic E-state index is 0.00993. The molecule has 0 heterocycles. The van der Waals surface area contributed by atoms with Crippen molar-refractivity contribution in [3.05, 3.63) is 95.3 Å². The molecular formula is C29H34FN3O2. The summed E-state index contributed by atoms with van der Waals surface area (Å²) in [6.45, 7) is 4.52. The van der Waals surface area contributed by atoms with E-state index < -0.39 is 0 Å². The first-order valence-corrected chi connectivity index (χ1v) is 12.0. The van der Waals surface area contributed by atoms with Crippen LogP contribution < -0.4 is 10.2 Å². The maximum atomic E-state index is 13.9. The van der Waals surface area contributed by atoms with E-state index in [0.717, 1.165) is 22.4 Å². The van der Waals surface area contributed by atoms with Gasteiger partial charge in [0.1, 0.15) is 5.82 Å². The molecule has 0 spiro atoms. The molecule has 0 bridgehead atoms. The SMILES string of the molecule is CCC(=O)Nc1ccc(N(C)C)c(CN(Cc2ccc(F)cc2)C(=O)[C@@H](CC)c2ccccc2)c1. The van der Waals surface area contributed by atoms with Crippen molar-refractivity contribution in [2.24, 2.45) is 0 Å². The molecule has 0 aliphatic heterocycles. The molecule has 3 aromatic carbocycles. The Kier molecular flexibility index (Phi) is 9.01. The van der Waals surface area contributed by atoms with Crippen molar-refractivity contribution in [1.82, 2.24) is 4.90 Å². The summed E-state index contributed by atoms with van der Waals surface area (Å²) < 4.78 is 13.5. The van der Waals surface area contributed by atoms with Gasteiger partial charge in [-0.05, 0) is 53.4 Å². The van der Waals surface area contributed by atoms with Gasteiger partial charge in [0.25, 0.3) is 0 Å². The van der Waals surface area contributed by atoms with E-state index in [0.29, 0.717) is 31.6 Å². The summed E-state index contributed by atoms with van der Waals surface area (Å²) in [5.41, 5.74) is 4.40. The molecule has 184 valence electrons. The van der Waals surface area contributed by atoms with Crippen LogP contribution in [0.5, 0.6) is 0 Å². The highest BCUT2D eigenvalue weighted by Crippen LogP contribution is 2.29. The van der Waals surface area contributed by atoms with Gasteiger partial charge >= 0.3 is 0 Å². The maximum Gasteiger partial charge on any atom is 0.230 e. The smallest absolute Gasteiger partial charge is 0.230 e. The van der Waals surface area contributed by atoms with Crippen LogP contribution in [0.1, 0.15) is 49.3 Å². The van der Waals surface area contributed by atoms with Crippen molar-refractivity contribution in [3.8, 4) is 0 Å². The normalized spacial score (nSPS) is 11.6. The number of carbonyl (C=O) groups excluding carboxylic acids is 2. The Morgan fingerprint density at radius 1 is 0.914 bits per heavy atom. The number of anilines is 2. The van der Waals surface area contributed by atoms with E-state index in [4.69, 9.17) is 0 Å². The van der Waals surface area contributed by atoms with Crippen LogP contribution in [0.3, 0.4) is 0 Å². The van der Waals surface area contributed by atoms with E-state index in [-0.39, 0.29) is 23.5 Å². The molecule has 0 saturated heterocycles. The van der Waals surface area contributed by atoms with Crippen LogP contribution in [-0.4, -0.2) is 30.8 Å². The average Bonchev–Trinajstić information content (AvgIpc) is 2.86. The van der Waals surface area contributed by atoms with Crippen molar-refractivity contribution in [1.29, 1.82) is 0 Å². The zero-order valence-electron chi connectivity index (χ0n) is 20.9. The summed E-state index contributed by atoms with van der Waals surface area (Å²) in [4.78, 5) is 29.7. The number of carbonyl (C=O) groups is 2. The highest BCUT2D eigenvalue weighted by Gasteiger charge is 2.26. The predicted octanol–water partition coefficient (Wildman–Crippen LogP) is 5.96. The quantitative estimate of drug-likeness (QED) is 0.393. The third-order valence-corrected chi connectivity index (χ3v) is 6.03. The van der Waals surface area contributed by atoms with Gasteiger partial charge < -0.3 is 15.1 Å². The second kappa shape index (κ2) is 12.2. The van der Waals surface area contributed by atoms with E-state index >= 15 is 0 Å². The van der Waals surface area contributed by atoms with Gasteiger partial charge in [-0.2, -0.15) is 0 Å². The molecule has 3 aromatic rings. The Balaban J connectivity index is 2.00. The molecule has 6 heteroatoms. The van der Waals surface area contributed by atoms with E-state index in [1.807, 2.05) is 86.3 Å². The Labute approximate surface area is 207 Å². The predicted molar refractivity (Wildman–Crippen MR) is 140 cm³/mol. The molecule has 0 aliphatic carbocycles. The third-order valence-electron chi connectivity index (χ3n) is 6.03. The van der Waals surface area contributed by atoms with Crippen LogP contribution in [0.2, 0.25) is 0 Å². The maximum absolute atomic E-state index is 13.9. The van der Waals surface area contributed by atoms with Gasteiger partial charge in [0.2, 0.25) is 11.8 Å². The van der Waals surface area contributed by atoms with Crippen LogP contribution in [0.25, 0.3) is 0 Å². The minimum Gasteiger partial charge on any atom is -0.377 e. The lowest BCUT2D eigenvalue weighted by Gasteiger charge is -2.29. The molecule has 1 atom stereocenters. The monoisotopic (exact) mass is 475 g/mol. The van der Waals surface area contributed by atoms with Crippen LogP contribution >= 0.6 is 0 Å². The van der Waals surface area contributed by atoms with Crippen LogP contribution in [0.15, 0.2) is 72.8 Å². The van der Waals surface area contributed by atoms with E-state index in [9.17, 15) is 14.0 Å². The summed E-state index contributed by atoms with van der Waals surface area (Å²) in [6, 6.07) is 21.8. The fourth-order valence-corrected chi connectivity index (χ4v) is 4.16. The van der Waals surface area contributed by atoms with Crippen molar-refractivity contribution in [3.63, 3.8) is 0 Å². The number of nitrogens with zero attached hydrogens (tertiary/aromatic N) is 2. The summed E-state index contributed by atoms with van der Waals surface area (Å²) >= 11 is 0. The Hall–Kier alpha value is -3.67. The fraction of sp³-hybridized carbons (Fsp3) is 0.310. The van der Waals surface area contributed by atoms with Crippen LogP contribution in [0.4, 0.5) is 15.8 Å². The van der Waals surface area contributed by atoms with Crippen molar-refractivity contribution >= 4 is 23.2 Å². The number of amides is 2. The summed E-state index contributed by atoms with van der Waals surface area (Å²) in [6.07, 6.45) is 1.05. The average molecular weight is 476 g/mol. The zero-order chi connectivity index (χ0) is 25.4. The van der Waals surface area contributed by atoms with Gasteiger partial charge in [-0.15, -0.1) is 0 Å². The number of nitrogens with one attached hydrogen (secondary N) is 1. The van der Waals surface area contributed by atoms with Gasteiger partial charge in [-0.25, -0.2) is 4.39 Å². The zero-order valence-corrected chi connectivity index (χ0v) is 20.9. The van der Waals surface area contributed by atoms with Crippen molar-refractivity contribution < 1.29 is 14.0 Å². The Bertz CT molecular complexity index is 1130. The molecule has 35 heavy (non-hydrogen) atoms. The molecule has 0 saturated carbocycles. The molecule has 0 radical (unpaired) electrons. The van der Waals surface area contributed by atoms with Crippen LogP contribution in [-0.2, 0) is 22.7 Å². The van der Waals surface area contributed by atoms with Crippen molar-refractivity contribution in [2.45, 2.75) is 45.7 Å². The second-order valence-electron chi connectivity index (χ2n) is 8.83. The van der Waals surface area contributed by atoms with Gasteiger partial charge in [-0.1, -0.05) is 56.3 Å². The molecule has 3 rings (SSSR count). The summed E-state index contributed by atoms with van der Waals surface area (Å²) in [7, 11) is 3.90. The molecule has 0 aromatic heterocycles. The lowest BCUT2D eigenvalue weighted by atomic mass is 9.94. The van der Waals surface area contributed by atoms with Crippen molar-refractivity contribution in [2.75, 3.05) is 24.3 Å². The van der Waals surface area contributed by atoms with Gasteiger partial charge in [0, 0.05) is 45.0 Å². The van der Waals surface area contributed by atoms with E-state index in [1.54, 1.807) is 12.1 Å². The second-order valence-corrected chi connectivity index (χ2v) is 8.83. The Morgan fingerprint density at radius 2 is 1.60 bits per heavy atom. The number of benzene rings is 3. The first-order chi connectivity index (χ1) is 16.8. The number of hydrogen-bond donors (Lipinski definition) is 1. The highest BCUT2D eigenvalue weighted by molar-refractivity contribution is 5.91. The van der Waals surface area contributed by atoms with Gasteiger partial charge in [-0.3, -0.25) is 9.59 Å². The topological polar surface area (TPSA) is 52.7 Å². The van der Waals surface area contributed by atoms with E-state index in [2.05, 4.69) is 5.32 Å². The molecule has 1 N–H and O–H groups in total. The molecule has 0 unspecified atom stereocenters. The largest absolute Gasteiger partial charge is 0.377 e. The lowest BCUT2D eigenvalue weighted by molar-refractivity contribution is -0.134. The highest BCUT2D eigenvalue weighted by atomic mass is 19.1. The van der Waals surface area contributed by atoms with Crippen LogP contribution in [0, 0.1) is 5.82 Å². The fourth-order valence-electron chi connectivity index (χ4n) is 4.16. The van der Waals surface area contributed by atoms with Gasteiger partial charge in [0.05, 0.1) is 5.92 Å². The molecule has 0 fully saturated rings. The van der Waals surface area contributed by atoms with E-state index in [1.165, 1.54) is 12.1 Å². The lowest BCUT2D eigenvalue weighted by Crippen LogP contribution is -2.34. The standard InChI is InChI=1S/C29H34FN3O2/c1-5-26(22-10-8-7-9-11-22)29(35)33(19-21-12-14-24(30)15-13-21)20-23-18-25(31-28(34)6-2)16-17-27(23)32(3)4/h7-18,26H,5-6,19-20H2,1-4H3,(H,31,34)/t26-/m0/s1. The summed E-state index contributed by atoms with van der Waals surface area (Å²) in [5, 5.41) is 2.91. The molecule has 0 aliphatic rings. The molecule has 5 nitrogen and oxygen atoms in total. The first-order valence-electron chi connectivity index (χ1n) is 12.0. The number of hydrogen-bond acceptors (Lipinski definition) is 3. The Morgan fingerprint density at radius 3 is 2.20 bits per heavy atom. The number of rotatable bonds is 10. The third kappa shape index (κ3) is 6.92. The molecule has 2 amide bonds. The molecular weight excluding hydrogens is 441 g/mol. The summed E-state index contributed by atoms with van der Waals surface area (Å²) in [5.74, 6) is -0.655.